The normalized spacial score (nSPS) is 16.6. The van der Waals surface area contributed by atoms with Gasteiger partial charge in [-0.25, -0.2) is 9.97 Å². The SMILES string of the molecule is Cc1nc(N2CCC(C(=O)O)CC2)c2c(C)c(C)sc2n1. The van der Waals surface area contributed by atoms with Gasteiger partial charge in [-0.3, -0.25) is 4.79 Å². The molecule has 112 valence electrons. The molecular weight excluding hydrogens is 286 g/mol. The van der Waals surface area contributed by atoms with Crippen molar-refractivity contribution in [3.8, 4) is 0 Å². The fourth-order valence-corrected chi connectivity index (χ4v) is 3.97. The second-order valence-electron chi connectivity index (χ2n) is 5.66. The number of aliphatic carboxylic acids is 1. The molecule has 5 nitrogen and oxygen atoms in total. The second kappa shape index (κ2) is 5.26. The van der Waals surface area contributed by atoms with Crippen LogP contribution in [0.3, 0.4) is 0 Å². The van der Waals surface area contributed by atoms with Crippen molar-refractivity contribution in [1.29, 1.82) is 0 Å². The third-order valence-electron chi connectivity index (χ3n) is 4.27. The highest BCUT2D eigenvalue weighted by Gasteiger charge is 2.27. The van der Waals surface area contributed by atoms with Gasteiger partial charge < -0.3 is 10.0 Å². The molecule has 0 unspecified atom stereocenters. The van der Waals surface area contributed by atoms with Crippen molar-refractivity contribution < 1.29 is 9.90 Å². The first-order chi connectivity index (χ1) is 9.97. The summed E-state index contributed by atoms with van der Waals surface area (Å²) < 4.78 is 0. The lowest BCUT2D eigenvalue weighted by atomic mass is 9.97. The number of carbonyl (C=O) groups is 1. The molecule has 3 heterocycles. The van der Waals surface area contributed by atoms with E-state index in [1.165, 1.54) is 10.4 Å². The van der Waals surface area contributed by atoms with Crippen LogP contribution in [-0.2, 0) is 4.79 Å². The van der Waals surface area contributed by atoms with Crippen molar-refractivity contribution in [3.63, 3.8) is 0 Å². The monoisotopic (exact) mass is 305 g/mol. The van der Waals surface area contributed by atoms with Gasteiger partial charge in [0.2, 0.25) is 0 Å². The van der Waals surface area contributed by atoms with E-state index in [1.54, 1.807) is 11.3 Å². The topological polar surface area (TPSA) is 66.3 Å². The van der Waals surface area contributed by atoms with Crippen molar-refractivity contribution in [1.82, 2.24) is 9.97 Å². The third kappa shape index (κ3) is 2.48. The van der Waals surface area contributed by atoms with Crippen LogP contribution < -0.4 is 4.90 Å². The number of fused-ring (bicyclic) bond motifs is 1. The van der Waals surface area contributed by atoms with E-state index in [2.05, 4.69) is 28.7 Å². The number of rotatable bonds is 2. The molecule has 0 bridgehead atoms. The first-order valence-electron chi connectivity index (χ1n) is 7.19. The molecule has 6 heteroatoms. The highest BCUT2D eigenvalue weighted by atomic mass is 32.1. The summed E-state index contributed by atoms with van der Waals surface area (Å²) in [4.78, 5) is 24.8. The van der Waals surface area contributed by atoms with Gasteiger partial charge in [0, 0.05) is 18.0 Å². The Morgan fingerprint density at radius 3 is 2.52 bits per heavy atom. The average molecular weight is 305 g/mol. The lowest BCUT2D eigenvalue weighted by molar-refractivity contribution is -0.142. The zero-order valence-corrected chi connectivity index (χ0v) is 13.3. The molecule has 1 fully saturated rings. The minimum absolute atomic E-state index is 0.218. The summed E-state index contributed by atoms with van der Waals surface area (Å²) in [6.45, 7) is 7.63. The van der Waals surface area contributed by atoms with E-state index >= 15 is 0 Å². The fourth-order valence-electron chi connectivity index (χ4n) is 2.90. The Bertz CT molecular complexity index is 702. The Hall–Kier alpha value is -1.69. The van der Waals surface area contributed by atoms with E-state index in [1.807, 2.05) is 6.92 Å². The number of carboxylic acids is 1. The van der Waals surface area contributed by atoms with E-state index in [0.29, 0.717) is 12.8 Å². The van der Waals surface area contributed by atoms with Crippen LogP contribution in [0.25, 0.3) is 10.2 Å². The number of thiophene rings is 1. The maximum Gasteiger partial charge on any atom is 0.306 e. The summed E-state index contributed by atoms with van der Waals surface area (Å²) in [5, 5.41) is 10.3. The maximum atomic E-state index is 11.1. The van der Waals surface area contributed by atoms with Gasteiger partial charge >= 0.3 is 5.97 Å². The first kappa shape index (κ1) is 14.3. The molecule has 2 aromatic heterocycles. The van der Waals surface area contributed by atoms with Gasteiger partial charge in [-0.2, -0.15) is 0 Å². The van der Waals surface area contributed by atoms with Crippen LogP contribution in [0.1, 0.15) is 29.1 Å². The third-order valence-corrected chi connectivity index (χ3v) is 5.37. The maximum absolute atomic E-state index is 11.1. The van der Waals surface area contributed by atoms with Crippen molar-refractivity contribution >= 4 is 33.3 Å². The highest BCUT2D eigenvalue weighted by molar-refractivity contribution is 7.18. The molecule has 2 aromatic rings. The molecule has 3 rings (SSSR count). The molecule has 0 aromatic carbocycles. The second-order valence-corrected chi connectivity index (χ2v) is 6.86. The van der Waals surface area contributed by atoms with E-state index in [0.717, 1.165) is 34.9 Å². The molecule has 0 aliphatic carbocycles. The smallest absolute Gasteiger partial charge is 0.306 e. The summed E-state index contributed by atoms with van der Waals surface area (Å²) in [6, 6.07) is 0. The lowest BCUT2D eigenvalue weighted by Gasteiger charge is -2.31. The number of aryl methyl sites for hydroxylation is 3. The zero-order valence-electron chi connectivity index (χ0n) is 12.5. The number of carboxylic acid groups (broad SMARTS) is 1. The Morgan fingerprint density at radius 2 is 1.90 bits per heavy atom. The predicted molar refractivity (Wildman–Crippen MR) is 84.2 cm³/mol. The summed E-state index contributed by atoms with van der Waals surface area (Å²) in [5.41, 5.74) is 1.24. The molecule has 0 atom stereocenters. The molecule has 0 radical (unpaired) electrons. The minimum atomic E-state index is -0.679. The van der Waals surface area contributed by atoms with Gasteiger partial charge in [-0.1, -0.05) is 0 Å². The van der Waals surface area contributed by atoms with Gasteiger partial charge in [0.15, 0.2) is 0 Å². The van der Waals surface area contributed by atoms with Crippen LogP contribution >= 0.6 is 11.3 Å². The summed E-state index contributed by atoms with van der Waals surface area (Å²) in [6.07, 6.45) is 1.37. The molecule has 1 aliphatic rings. The largest absolute Gasteiger partial charge is 0.481 e. The van der Waals surface area contributed by atoms with Gasteiger partial charge in [0.05, 0.1) is 11.3 Å². The number of hydrogen-bond donors (Lipinski definition) is 1. The number of nitrogens with zero attached hydrogens (tertiary/aromatic N) is 3. The summed E-state index contributed by atoms with van der Waals surface area (Å²) >= 11 is 1.70. The minimum Gasteiger partial charge on any atom is -0.481 e. The molecule has 0 amide bonds. The van der Waals surface area contributed by atoms with E-state index in [-0.39, 0.29) is 5.92 Å². The number of aromatic nitrogens is 2. The van der Waals surface area contributed by atoms with Gasteiger partial charge in [0.1, 0.15) is 16.5 Å². The Morgan fingerprint density at radius 1 is 1.24 bits per heavy atom. The van der Waals surface area contributed by atoms with E-state index in [4.69, 9.17) is 5.11 Å². The van der Waals surface area contributed by atoms with Gasteiger partial charge in [-0.15, -0.1) is 11.3 Å². The Kier molecular flexibility index (Phi) is 3.57. The van der Waals surface area contributed by atoms with Gasteiger partial charge in [-0.05, 0) is 39.2 Å². The van der Waals surface area contributed by atoms with Crippen LogP contribution in [-0.4, -0.2) is 34.1 Å². The van der Waals surface area contributed by atoms with Crippen LogP contribution in [0.15, 0.2) is 0 Å². The molecule has 1 saturated heterocycles. The van der Waals surface area contributed by atoms with Crippen LogP contribution in [0.5, 0.6) is 0 Å². The quantitative estimate of drug-likeness (QED) is 0.924. The van der Waals surface area contributed by atoms with Crippen LogP contribution in [0.2, 0.25) is 0 Å². The van der Waals surface area contributed by atoms with Crippen molar-refractivity contribution in [2.24, 2.45) is 5.92 Å². The fraction of sp³-hybridized carbons (Fsp3) is 0.533. The predicted octanol–water partition coefficient (Wildman–Crippen LogP) is 2.92. The average Bonchev–Trinajstić information content (AvgIpc) is 2.73. The first-order valence-corrected chi connectivity index (χ1v) is 8.01. The van der Waals surface area contributed by atoms with Crippen LogP contribution in [0, 0.1) is 26.7 Å². The molecule has 0 spiro atoms. The lowest BCUT2D eigenvalue weighted by Crippen LogP contribution is -2.37. The van der Waals surface area contributed by atoms with Crippen molar-refractivity contribution in [2.45, 2.75) is 33.6 Å². The number of piperidine rings is 1. The van der Waals surface area contributed by atoms with Crippen molar-refractivity contribution in [2.75, 3.05) is 18.0 Å². The molecule has 21 heavy (non-hydrogen) atoms. The zero-order chi connectivity index (χ0) is 15.1. The molecule has 0 saturated carbocycles. The van der Waals surface area contributed by atoms with Gasteiger partial charge in [0.25, 0.3) is 0 Å². The van der Waals surface area contributed by atoms with Crippen molar-refractivity contribution in [3.05, 3.63) is 16.3 Å². The summed E-state index contributed by atoms with van der Waals surface area (Å²) in [5.74, 6) is 0.855. The van der Waals surface area contributed by atoms with E-state index in [9.17, 15) is 4.79 Å². The van der Waals surface area contributed by atoms with E-state index < -0.39 is 5.97 Å². The number of anilines is 1. The molecular formula is C15H19N3O2S. The summed E-state index contributed by atoms with van der Waals surface area (Å²) in [7, 11) is 0. The highest BCUT2D eigenvalue weighted by Crippen LogP contribution is 2.36. The van der Waals surface area contributed by atoms with Crippen LogP contribution in [0.4, 0.5) is 5.82 Å². The number of hydrogen-bond acceptors (Lipinski definition) is 5. The standard InChI is InChI=1S/C15H19N3O2S/c1-8-9(2)21-14-12(8)13(16-10(3)17-14)18-6-4-11(5-7-18)15(19)20/h11H,4-7H2,1-3H3,(H,19,20). The molecule has 1 aliphatic heterocycles. The Balaban J connectivity index is 1.99. The molecule has 1 N–H and O–H groups in total. The Labute approximate surface area is 127 Å².